The number of nitrogens with one attached hydrogen (secondary N) is 1. The summed E-state index contributed by atoms with van der Waals surface area (Å²) in [6.45, 7) is 6.14. The standard InChI is InChI=1S/C9H16N4O/c1-2-13(8-3-4-10-5-8)6-9-11-7-12-14-9/h7-8,10H,2-6H2,1H3. The van der Waals surface area contributed by atoms with Gasteiger partial charge in [-0.1, -0.05) is 12.1 Å². The first-order valence-corrected chi connectivity index (χ1v) is 5.10. The quantitative estimate of drug-likeness (QED) is 0.748. The van der Waals surface area contributed by atoms with Gasteiger partial charge in [-0.3, -0.25) is 4.90 Å². The van der Waals surface area contributed by atoms with Crippen molar-refractivity contribution in [1.29, 1.82) is 0 Å². The molecule has 1 N–H and O–H groups in total. The highest BCUT2D eigenvalue weighted by Crippen LogP contribution is 2.11. The van der Waals surface area contributed by atoms with Crippen LogP contribution in [0, 0.1) is 0 Å². The molecule has 1 aliphatic rings. The molecule has 1 aliphatic heterocycles. The normalized spacial score (nSPS) is 22.0. The van der Waals surface area contributed by atoms with Gasteiger partial charge in [0, 0.05) is 12.6 Å². The second-order valence-corrected chi connectivity index (χ2v) is 3.54. The first-order valence-electron chi connectivity index (χ1n) is 5.10. The predicted octanol–water partition coefficient (Wildman–Crippen LogP) is 0.253. The van der Waals surface area contributed by atoms with Crippen LogP contribution in [0.5, 0.6) is 0 Å². The molecule has 1 atom stereocenters. The summed E-state index contributed by atoms with van der Waals surface area (Å²) in [6, 6.07) is 0.617. The van der Waals surface area contributed by atoms with E-state index in [0.717, 1.165) is 26.2 Å². The van der Waals surface area contributed by atoms with Crippen molar-refractivity contribution in [2.24, 2.45) is 0 Å². The fourth-order valence-corrected chi connectivity index (χ4v) is 1.89. The van der Waals surface area contributed by atoms with E-state index in [9.17, 15) is 0 Å². The summed E-state index contributed by atoms with van der Waals surface area (Å²) < 4.78 is 5.00. The molecule has 0 spiro atoms. The highest BCUT2D eigenvalue weighted by Gasteiger charge is 2.22. The molecule has 1 saturated heterocycles. The molecule has 0 aromatic carbocycles. The van der Waals surface area contributed by atoms with Gasteiger partial charge >= 0.3 is 0 Å². The summed E-state index contributed by atoms with van der Waals surface area (Å²) in [6.07, 6.45) is 2.66. The molecule has 2 rings (SSSR count). The van der Waals surface area contributed by atoms with E-state index >= 15 is 0 Å². The molecule has 0 amide bonds. The zero-order valence-electron chi connectivity index (χ0n) is 8.44. The molecule has 14 heavy (non-hydrogen) atoms. The molecule has 78 valence electrons. The van der Waals surface area contributed by atoms with Crippen LogP contribution in [-0.4, -0.2) is 40.7 Å². The first-order chi connectivity index (χ1) is 6.90. The number of rotatable bonds is 4. The molecule has 5 nitrogen and oxygen atoms in total. The maximum Gasteiger partial charge on any atom is 0.240 e. The van der Waals surface area contributed by atoms with Gasteiger partial charge in [0.15, 0.2) is 6.33 Å². The highest BCUT2D eigenvalue weighted by molar-refractivity contribution is 4.83. The monoisotopic (exact) mass is 196 g/mol. The maximum atomic E-state index is 5.00. The molecule has 0 aliphatic carbocycles. The molecule has 1 fully saturated rings. The van der Waals surface area contributed by atoms with Gasteiger partial charge < -0.3 is 9.84 Å². The second kappa shape index (κ2) is 4.52. The summed E-state index contributed by atoms with van der Waals surface area (Å²) in [4.78, 5) is 6.40. The molecule has 0 saturated carbocycles. The van der Waals surface area contributed by atoms with Gasteiger partial charge in [0.2, 0.25) is 5.89 Å². The Labute approximate surface area is 83.5 Å². The van der Waals surface area contributed by atoms with Crippen molar-refractivity contribution >= 4 is 0 Å². The van der Waals surface area contributed by atoms with E-state index < -0.39 is 0 Å². The molecule has 0 bridgehead atoms. The number of aromatic nitrogens is 2. The van der Waals surface area contributed by atoms with E-state index in [-0.39, 0.29) is 0 Å². The summed E-state index contributed by atoms with van der Waals surface area (Å²) >= 11 is 0. The van der Waals surface area contributed by atoms with Crippen molar-refractivity contribution in [2.45, 2.75) is 25.9 Å². The minimum Gasteiger partial charge on any atom is -0.338 e. The summed E-state index contributed by atoms with van der Waals surface area (Å²) in [5.41, 5.74) is 0. The molecule has 1 aromatic rings. The Morgan fingerprint density at radius 1 is 1.71 bits per heavy atom. The third-order valence-corrected chi connectivity index (χ3v) is 2.70. The smallest absolute Gasteiger partial charge is 0.240 e. The minimum absolute atomic E-state index is 0.617. The van der Waals surface area contributed by atoms with Crippen molar-refractivity contribution in [3.8, 4) is 0 Å². The lowest BCUT2D eigenvalue weighted by Gasteiger charge is -2.24. The third-order valence-electron chi connectivity index (χ3n) is 2.70. The van der Waals surface area contributed by atoms with Crippen molar-refractivity contribution < 1.29 is 4.52 Å². The van der Waals surface area contributed by atoms with E-state index in [1.807, 2.05) is 0 Å². The van der Waals surface area contributed by atoms with Crippen LogP contribution in [0.15, 0.2) is 10.9 Å². The maximum absolute atomic E-state index is 5.00. The predicted molar refractivity (Wildman–Crippen MR) is 51.7 cm³/mol. The van der Waals surface area contributed by atoms with Gasteiger partial charge in [-0.15, -0.1) is 0 Å². The number of likely N-dealkylation sites (N-methyl/N-ethyl adjacent to an activating group) is 1. The molecule has 5 heteroatoms. The highest BCUT2D eigenvalue weighted by atomic mass is 16.5. The molecule has 2 heterocycles. The van der Waals surface area contributed by atoms with Crippen LogP contribution < -0.4 is 5.32 Å². The van der Waals surface area contributed by atoms with Crippen LogP contribution in [-0.2, 0) is 6.54 Å². The van der Waals surface area contributed by atoms with Crippen LogP contribution in [0.2, 0.25) is 0 Å². The van der Waals surface area contributed by atoms with E-state index in [1.165, 1.54) is 12.7 Å². The number of nitrogens with zero attached hydrogens (tertiary/aromatic N) is 3. The van der Waals surface area contributed by atoms with Crippen LogP contribution in [0.4, 0.5) is 0 Å². The number of hydrogen-bond donors (Lipinski definition) is 1. The molecule has 0 radical (unpaired) electrons. The Morgan fingerprint density at radius 3 is 3.21 bits per heavy atom. The fraction of sp³-hybridized carbons (Fsp3) is 0.778. The largest absolute Gasteiger partial charge is 0.338 e. The average Bonchev–Trinajstić information content (AvgIpc) is 2.86. The first kappa shape index (κ1) is 9.61. The topological polar surface area (TPSA) is 54.2 Å². The van der Waals surface area contributed by atoms with Gasteiger partial charge in [-0.05, 0) is 19.5 Å². The van der Waals surface area contributed by atoms with Gasteiger partial charge in [-0.25, -0.2) is 0 Å². The zero-order valence-corrected chi connectivity index (χ0v) is 8.44. The van der Waals surface area contributed by atoms with Crippen molar-refractivity contribution in [1.82, 2.24) is 20.4 Å². The SMILES string of the molecule is CCN(Cc1ncno1)C1CCNC1. The molecule has 1 aromatic heterocycles. The van der Waals surface area contributed by atoms with E-state index in [2.05, 4.69) is 27.3 Å². The lowest BCUT2D eigenvalue weighted by molar-refractivity contribution is 0.183. The Balaban J connectivity index is 1.92. The second-order valence-electron chi connectivity index (χ2n) is 3.54. The van der Waals surface area contributed by atoms with Gasteiger partial charge in [0.1, 0.15) is 0 Å². The van der Waals surface area contributed by atoms with Crippen LogP contribution >= 0.6 is 0 Å². The van der Waals surface area contributed by atoms with Crippen molar-refractivity contribution in [3.05, 3.63) is 12.2 Å². The lowest BCUT2D eigenvalue weighted by Crippen LogP contribution is -2.36. The van der Waals surface area contributed by atoms with E-state index in [0.29, 0.717) is 11.9 Å². The fourth-order valence-electron chi connectivity index (χ4n) is 1.89. The van der Waals surface area contributed by atoms with Crippen molar-refractivity contribution in [3.63, 3.8) is 0 Å². The van der Waals surface area contributed by atoms with Crippen LogP contribution in [0.25, 0.3) is 0 Å². The number of hydrogen-bond acceptors (Lipinski definition) is 5. The van der Waals surface area contributed by atoms with Gasteiger partial charge in [0.25, 0.3) is 0 Å². The Hall–Kier alpha value is -0.940. The summed E-state index contributed by atoms with van der Waals surface area (Å²) in [7, 11) is 0. The zero-order chi connectivity index (χ0) is 9.80. The molecular formula is C9H16N4O. The Bertz CT molecular complexity index is 256. The Morgan fingerprint density at radius 2 is 2.64 bits per heavy atom. The van der Waals surface area contributed by atoms with E-state index in [4.69, 9.17) is 4.52 Å². The molecular weight excluding hydrogens is 180 g/mol. The molecule has 1 unspecified atom stereocenters. The lowest BCUT2D eigenvalue weighted by atomic mass is 10.2. The summed E-state index contributed by atoms with van der Waals surface area (Å²) in [5.74, 6) is 0.707. The van der Waals surface area contributed by atoms with Gasteiger partial charge in [-0.2, -0.15) is 4.98 Å². The van der Waals surface area contributed by atoms with Crippen molar-refractivity contribution in [2.75, 3.05) is 19.6 Å². The van der Waals surface area contributed by atoms with Crippen LogP contribution in [0.3, 0.4) is 0 Å². The van der Waals surface area contributed by atoms with Gasteiger partial charge in [0.05, 0.1) is 6.54 Å². The van der Waals surface area contributed by atoms with E-state index in [1.54, 1.807) is 0 Å². The minimum atomic E-state index is 0.617. The third kappa shape index (κ3) is 2.10. The average molecular weight is 196 g/mol. The van der Waals surface area contributed by atoms with Crippen LogP contribution in [0.1, 0.15) is 19.2 Å². The summed E-state index contributed by atoms with van der Waals surface area (Å²) in [5, 5.41) is 6.97. The Kier molecular flexibility index (Phi) is 3.10.